The molecule has 6 heteroatoms. The summed E-state index contributed by atoms with van der Waals surface area (Å²) in [6.45, 7) is 1.67. The SMILES string of the molecule is Cc1cccc(OCC(=O)N(Cc2ccccc2F)[C@H](Cc2ccccc2)C(=O)NC2CCCC2)c1. The second-order valence-electron chi connectivity index (χ2n) is 9.41. The minimum atomic E-state index is -0.804. The average Bonchev–Trinajstić information content (AvgIpc) is 3.39. The molecule has 0 radical (unpaired) electrons. The topological polar surface area (TPSA) is 58.6 Å². The van der Waals surface area contributed by atoms with Crippen LogP contribution in [0.3, 0.4) is 0 Å². The summed E-state index contributed by atoms with van der Waals surface area (Å²) in [5, 5.41) is 3.15. The summed E-state index contributed by atoms with van der Waals surface area (Å²) in [4.78, 5) is 28.7. The Hall–Kier alpha value is -3.67. The lowest BCUT2D eigenvalue weighted by atomic mass is 10.0. The number of benzene rings is 3. The number of ether oxygens (including phenoxy) is 1. The molecule has 0 unspecified atom stereocenters. The predicted molar refractivity (Wildman–Crippen MR) is 138 cm³/mol. The van der Waals surface area contributed by atoms with Gasteiger partial charge in [0, 0.05) is 24.6 Å². The first-order chi connectivity index (χ1) is 17.5. The fourth-order valence-electron chi connectivity index (χ4n) is 4.66. The normalized spacial score (nSPS) is 14.3. The van der Waals surface area contributed by atoms with Crippen molar-refractivity contribution in [1.82, 2.24) is 10.2 Å². The Kier molecular flexibility index (Phi) is 8.71. The van der Waals surface area contributed by atoms with Crippen LogP contribution in [0.25, 0.3) is 0 Å². The highest BCUT2D eigenvalue weighted by molar-refractivity contribution is 5.88. The molecule has 4 rings (SSSR count). The number of amides is 2. The van der Waals surface area contributed by atoms with Gasteiger partial charge in [-0.25, -0.2) is 4.39 Å². The second kappa shape index (κ2) is 12.3. The van der Waals surface area contributed by atoms with Crippen molar-refractivity contribution in [2.75, 3.05) is 6.61 Å². The first kappa shape index (κ1) is 25.4. The van der Waals surface area contributed by atoms with Crippen LogP contribution in [0.5, 0.6) is 5.75 Å². The highest BCUT2D eigenvalue weighted by atomic mass is 19.1. The Morgan fingerprint density at radius 1 is 1.00 bits per heavy atom. The van der Waals surface area contributed by atoms with E-state index in [2.05, 4.69) is 5.32 Å². The van der Waals surface area contributed by atoms with Gasteiger partial charge in [0.25, 0.3) is 5.91 Å². The zero-order chi connectivity index (χ0) is 25.3. The van der Waals surface area contributed by atoms with Crippen LogP contribution in [0.4, 0.5) is 4.39 Å². The lowest BCUT2D eigenvalue weighted by molar-refractivity contribution is -0.143. The fourth-order valence-corrected chi connectivity index (χ4v) is 4.66. The summed E-state index contributed by atoms with van der Waals surface area (Å²) < 4.78 is 20.5. The maximum absolute atomic E-state index is 14.7. The number of rotatable bonds is 10. The Morgan fingerprint density at radius 2 is 1.72 bits per heavy atom. The van der Waals surface area contributed by atoms with E-state index in [4.69, 9.17) is 4.74 Å². The van der Waals surface area contributed by atoms with Crippen LogP contribution in [0.15, 0.2) is 78.9 Å². The van der Waals surface area contributed by atoms with Crippen molar-refractivity contribution in [2.45, 2.75) is 57.7 Å². The quantitative estimate of drug-likeness (QED) is 0.426. The number of hydrogen-bond acceptors (Lipinski definition) is 3. The number of carbonyl (C=O) groups is 2. The van der Waals surface area contributed by atoms with E-state index in [1.807, 2.05) is 55.5 Å². The van der Waals surface area contributed by atoms with Crippen molar-refractivity contribution in [2.24, 2.45) is 0 Å². The third kappa shape index (κ3) is 6.94. The lowest BCUT2D eigenvalue weighted by Gasteiger charge is -2.32. The summed E-state index contributed by atoms with van der Waals surface area (Å²) in [7, 11) is 0. The molecule has 1 fully saturated rings. The predicted octanol–water partition coefficient (Wildman–Crippen LogP) is 5.21. The van der Waals surface area contributed by atoms with Gasteiger partial charge < -0.3 is 15.0 Å². The van der Waals surface area contributed by atoms with Gasteiger partial charge in [0.2, 0.25) is 5.91 Å². The van der Waals surface area contributed by atoms with Crippen LogP contribution in [-0.4, -0.2) is 35.4 Å². The average molecular weight is 489 g/mol. The maximum atomic E-state index is 14.7. The molecule has 0 bridgehead atoms. The van der Waals surface area contributed by atoms with Gasteiger partial charge >= 0.3 is 0 Å². The Balaban J connectivity index is 1.62. The molecule has 0 saturated heterocycles. The molecule has 0 heterocycles. The molecule has 1 atom stereocenters. The third-order valence-corrected chi connectivity index (χ3v) is 6.62. The van der Waals surface area contributed by atoms with E-state index in [9.17, 15) is 14.0 Å². The number of halogens is 1. The molecule has 36 heavy (non-hydrogen) atoms. The van der Waals surface area contributed by atoms with E-state index >= 15 is 0 Å². The molecular formula is C30H33FN2O3. The molecule has 188 valence electrons. The van der Waals surface area contributed by atoms with Gasteiger partial charge in [-0.05, 0) is 49.1 Å². The molecule has 2 amide bonds. The second-order valence-corrected chi connectivity index (χ2v) is 9.41. The molecule has 1 N–H and O–H groups in total. The largest absolute Gasteiger partial charge is 0.484 e. The molecule has 0 aromatic heterocycles. The number of aryl methyl sites for hydroxylation is 1. The van der Waals surface area contributed by atoms with Crippen LogP contribution < -0.4 is 10.1 Å². The van der Waals surface area contributed by atoms with Crippen LogP contribution >= 0.6 is 0 Å². The van der Waals surface area contributed by atoms with E-state index in [0.717, 1.165) is 36.8 Å². The van der Waals surface area contributed by atoms with Gasteiger partial charge in [-0.2, -0.15) is 0 Å². The summed E-state index contributed by atoms with van der Waals surface area (Å²) >= 11 is 0. The van der Waals surface area contributed by atoms with E-state index in [1.165, 1.54) is 11.0 Å². The smallest absolute Gasteiger partial charge is 0.261 e. The van der Waals surface area contributed by atoms with Gasteiger partial charge in [0.15, 0.2) is 6.61 Å². The van der Waals surface area contributed by atoms with Crippen molar-refractivity contribution < 1.29 is 18.7 Å². The molecule has 5 nitrogen and oxygen atoms in total. The number of nitrogens with one attached hydrogen (secondary N) is 1. The number of carbonyl (C=O) groups excluding carboxylic acids is 2. The van der Waals surface area contributed by atoms with Gasteiger partial charge in [0.05, 0.1) is 0 Å². The van der Waals surface area contributed by atoms with Crippen LogP contribution in [0.2, 0.25) is 0 Å². The van der Waals surface area contributed by atoms with Crippen LogP contribution in [0, 0.1) is 12.7 Å². The standard InChI is InChI=1S/C30H33FN2O3/c1-22-10-9-16-26(18-22)36-21-29(34)33(20-24-13-5-8-17-27(24)31)28(19-23-11-3-2-4-12-23)30(35)32-25-14-6-7-15-25/h2-5,8-13,16-18,25,28H,6-7,14-15,19-21H2,1H3,(H,32,35)/t28-/m1/s1. The van der Waals surface area contributed by atoms with Crippen molar-refractivity contribution in [3.05, 3.63) is 101 Å². The van der Waals surface area contributed by atoms with E-state index in [-0.39, 0.29) is 31.0 Å². The fraction of sp³-hybridized carbons (Fsp3) is 0.333. The third-order valence-electron chi connectivity index (χ3n) is 6.62. The molecule has 3 aromatic rings. The van der Waals surface area contributed by atoms with Gasteiger partial charge in [-0.1, -0.05) is 73.5 Å². The zero-order valence-corrected chi connectivity index (χ0v) is 20.7. The molecule has 0 spiro atoms. The van der Waals surface area contributed by atoms with Gasteiger partial charge in [-0.15, -0.1) is 0 Å². The monoisotopic (exact) mass is 488 g/mol. The number of hydrogen-bond donors (Lipinski definition) is 1. The summed E-state index contributed by atoms with van der Waals surface area (Å²) in [6, 6.07) is 22.7. The Bertz CT molecular complexity index is 1160. The van der Waals surface area contributed by atoms with E-state index in [1.54, 1.807) is 24.3 Å². The minimum absolute atomic E-state index is 0.0295. The summed E-state index contributed by atoms with van der Waals surface area (Å²) in [5.74, 6) is -0.429. The van der Waals surface area contributed by atoms with Crippen molar-refractivity contribution in [3.63, 3.8) is 0 Å². The first-order valence-electron chi connectivity index (χ1n) is 12.6. The molecule has 1 aliphatic carbocycles. The van der Waals surface area contributed by atoms with Crippen LogP contribution in [0.1, 0.15) is 42.4 Å². The van der Waals surface area contributed by atoms with Crippen molar-refractivity contribution >= 4 is 11.8 Å². The lowest BCUT2D eigenvalue weighted by Crippen LogP contribution is -2.53. The Labute approximate surface area is 212 Å². The van der Waals surface area contributed by atoms with Crippen molar-refractivity contribution in [3.8, 4) is 5.75 Å². The van der Waals surface area contributed by atoms with Crippen LogP contribution in [-0.2, 0) is 22.6 Å². The van der Waals surface area contributed by atoms with E-state index in [0.29, 0.717) is 17.7 Å². The highest BCUT2D eigenvalue weighted by Gasteiger charge is 2.32. The molecule has 1 aliphatic rings. The Morgan fingerprint density at radius 3 is 2.44 bits per heavy atom. The van der Waals surface area contributed by atoms with Gasteiger partial charge in [-0.3, -0.25) is 9.59 Å². The molecule has 3 aromatic carbocycles. The van der Waals surface area contributed by atoms with Crippen molar-refractivity contribution in [1.29, 1.82) is 0 Å². The van der Waals surface area contributed by atoms with Gasteiger partial charge in [0.1, 0.15) is 17.6 Å². The summed E-state index contributed by atoms with van der Waals surface area (Å²) in [6.07, 6.45) is 4.35. The maximum Gasteiger partial charge on any atom is 0.261 e. The molecule has 0 aliphatic heterocycles. The highest BCUT2D eigenvalue weighted by Crippen LogP contribution is 2.21. The molecular weight excluding hydrogens is 455 g/mol. The van der Waals surface area contributed by atoms with E-state index < -0.39 is 11.9 Å². The first-order valence-corrected chi connectivity index (χ1v) is 12.6. The zero-order valence-electron chi connectivity index (χ0n) is 20.7. The minimum Gasteiger partial charge on any atom is -0.484 e. The molecule has 1 saturated carbocycles. The number of nitrogens with zero attached hydrogens (tertiary/aromatic N) is 1. The summed E-state index contributed by atoms with van der Waals surface area (Å²) in [5.41, 5.74) is 2.30.